The molecular formula is C21H22ClN5O4. The molecule has 10 heteroatoms. The van der Waals surface area contributed by atoms with E-state index in [0.717, 1.165) is 18.5 Å². The summed E-state index contributed by atoms with van der Waals surface area (Å²) in [6, 6.07) is 10.6. The highest BCUT2D eigenvalue weighted by molar-refractivity contribution is 6.30. The van der Waals surface area contributed by atoms with Crippen molar-refractivity contribution in [3.63, 3.8) is 0 Å². The predicted octanol–water partition coefficient (Wildman–Crippen LogP) is 2.47. The number of halogens is 1. The molecule has 31 heavy (non-hydrogen) atoms. The maximum Gasteiger partial charge on any atom is 0.320 e. The number of primary amides is 1. The van der Waals surface area contributed by atoms with Crippen molar-refractivity contribution < 1.29 is 19.2 Å². The Morgan fingerprint density at radius 3 is 2.16 bits per heavy atom. The van der Waals surface area contributed by atoms with Crippen LogP contribution in [-0.4, -0.2) is 36.3 Å². The largest absolute Gasteiger partial charge is 0.367 e. The van der Waals surface area contributed by atoms with Crippen LogP contribution >= 0.6 is 11.6 Å². The van der Waals surface area contributed by atoms with Gasteiger partial charge >= 0.3 is 6.03 Å². The minimum absolute atomic E-state index is 0.0627. The third-order valence-electron chi connectivity index (χ3n) is 4.69. The number of carbonyl (C=O) groups excluding carboxylic acids is 4. The molecule has 0 radical (unpaired) electrons. The van der Waals surface area contributed by atoms with Gasteiger partial charge < -0.3 is 26.6 Å². The molecule has 1 fully saturated rings. The van der Waals surface area contributed by atoms with E-state index < -0.39 is 23.9 Å². The molecule has 0 spiro atoms. The number of urea groups is 1. The first kappa shape index (κ1) is 22.1. The van der Waals surface area contributed by atoms with E-state index in [9.17, 15) is 19.2 Å². The summed E-state index contributed by atoms with van der Waals surface area (Å²) in [5.74, 6) is -1.74. The lowest BCUT2D eigenvalue weighted by atomic mass is 10.1. The van der Waals surface area contributed by atoms with E-state index in [1.54, 1.807) is 53.4 Å². The molecule has 0 saturated carbocycles. The molecule has 1 saturated heterocycles. The Bertz CT molecular complexity index is 978. The van der Waals surface area contributed by atoms with E-state index >= 15 is 0 Å². The molecule has 5 N–H and O–H groups in total. The number of hydrogen-bond acceptors (Lipinski definition) is 4. The quantitative estimate of drug-likeness (QED) is 0.510. The van der Waals surface area contributed by atoms with E-state index in [1.165, 1.54) is 0 Å². The molecule has 0 aromatic heterocycles. The van der Waals surface area contributed by atoms with Crippen LogP contribution < -0.4 is 26.6 Å². The number of hydrogen-bond donors (Lipinski definition) is 4. The van der Waals surface area contributed by atoms with Gasteiger partial charge in [0.2, 0.25) is 11.8 Å². The standard InChI is InChI=1S/C21H22ClN5O4/c22-13-4-6-15(7-5-13)25-21(31)26-18(19(23)29)20(30)24-14-8-10-16(11-9-14)27-12-2-1-3-17(27)28/h4-11,18H,1-3,12H2,(H2,23,29)(H,24,30)(H2,25,26,31). The van der Waals surface area contributed by atoms with Gasteiger partial charge in [-0.05, 0) is 61.4 Å². The third-order valence-corrected chi connectivity index (χ3v) is 4.95. The first-order valence-electron chi connectivity index (χ1n) is 9.67. The fourth-order valence-electron chi connectivity index (χ4n) is 3.12. The van der Waals surface area contributed by atoms with E-state index in [-0.39, 0.29) is 5.91 Å². The number of carbonyl (C=O) groups is 4. The van der Waals surface area contributed by atoms with Crippen molar-refractivity contribution in [2.24, 2.45) is 5.73 Å². The highest BCUT2D eigenvalue weighted by Gasteiger charge is 2.27. The minimum Gasteiger partial charge on any atom is -0.367 e. The van der Waals surface area contributed by atoms with Crippen LogP contribution in [0.2, 0.25) is 5.02 Å². The molecule has 1 aliphatic rings. The first-order chi connectivity index (χ1) is 14.8. The summed E-state index contributed by atoms with van der Waals surface area (Å²) < 4.78 is 0. The van der Waals surface area contributed by atoms with Gasteiger partial charge in [-0.1, -0.05) is 11.6 Å². The van der Waals surface area contributed by atoms with Gasteiger partial charge in [0.15, 0.2) is 6.04 Å². The Morgan fingerprint density at radius 2 is 1.55 bits per heavy atom. The van der Waals surface area contributed by atoms with Crippen LogP contribution in [0.15, 0.2) is 48.5 Å². The number of piperidine rings is 1. The number of rotatable bonds is 6. The predicted molar refractivity (Wildman–Crippen MR) is 118 cm³/mol. The Kier molecular flexibility index (Phi) is 7.09. The molecule has 2 aromatic carbocycles. The Balaban J connectivity index is 1.60. The van der Waals surface area contributed by atoms with Gasteiger partial charge in [-0.3, -0.25) is 14.4 Å². The molecule has 5 amide bonds. The van der Waals surface area contributed by atoms with Crippen molar-refractivity contribution in [2.45, 2.75) is 25.3 Å². The lowest BCUT2D eigenvalue weighted by molar-refractivity contribution is -0.127. The summed E-state index contributed by atoms with van der Waals surface area (Å²) >= 11 is 5.79. The lowest BCUT2D eigenvalue weighted by Gasteiger charge is -2.27. The first-order valence-corrected chi connectivity index (χ1v) is 10.0. The minimum atomic E-state index is -1.59. The normalized spacial score (nSPS) is 14.5. The average molecular weight is 444 g/mol. The Morgan fingerprint density at radius 1 is 0.935 bits per heavy atom. The molecule has 3 rings (SSSR count). The average Bonchev–Trinajstić information content (AvgIpc) is 2.74. The second kappa shape index (κ2) is 9.94. The number of nitrogens with one attached hydrogen (secondary N) is 3. The zero-order chi connectivity index (χ0) is 22.4. The highest BCUT2D eigenvalue weighted by Crippen LogP contribution is 2.22. The van der Waals surface area contributed by atoms with Crippen LogP contribution in [0.4, 0.5) is 21.9 Å². The molecule has 1 unspecified atom stereocenters. The van der Waals surface area contributed by atoms with E-state index in [2.05, 4.69) is 16.0 Å². The molecule has 2 aromatic rings. The molecule has 0 aliphatic carbocycles. The smallest absolute Gasteiger partial charge is 0.320 e. The Hall–Kier alpha value is -3.59. The van der Waals surface area contributed by atoms with Crippen LogP contribution in [0.1, 0.15) is 19.3 Å². The topological polar surface area (TPSA) is 134 Å². The number of anilines is 3. The van der Waals surface area contributed by atoms with Crippen molar-refractivity contribution in [2.75, 3.05) is 22.1 Å². The van der Waals surface area contributed by atoms with Crippen molar-refractivity contribution in [1.82, 2.24) is 5.32 Å². The van der Waals surface area contributed by atoms with E-state index in [1.807, 2.05) is 0 Å². The number of amides is 5. The summed E-state index contributed by atoms with van der Waals surface area (Å²) in [6.45, 7) is 0.654. The number of nitrogens with zero attached hydrogens (tertiary/aromatic N) is 1. The van der Waals surface area contributed by atoms with Gasteiger partial charge in [-0.2, -0.15) is 0 Å². The second-order valence-corrected chi connectivity index (χ2v) is 7.42. The fraction of sp³-hybridized carbons (Fsp3) is 0.238. The van der Waals surface area contributed by atoms with Crippen LogP contribution in [0.5, 0.6) is 0 Å². The monoisotopic (exact) mass is 443 g/mol. The van der Waals surface area contributed by atoms with Crippen molar-refractivity contribution in [1.29, 1.82) is 0 Å². The van der Waals surface area contributed by atoms with Gasteiger partial charge in [0, 0.05) is 35.1 Å². The summed E-state index contributed by atoms with van der Waals surface area (Å²) in [4.78, 5) is 50.1. The molecule has 0 bridgehead atoms. The molecule has 162 valence electrons. The van der Waals surface area contributed by atoms with Crippen LogP contribution in [0.25, 0.3) is 0 Å². The van der Waals surface area contributed by atoms with Gasteiger partial charge in [-0.25, -0.2) is 4.79 Å². The summed E-state index contributed by atoms with van der Waals surface area (Å²) in [5, 5.41) is 7.77. The van der Waals surface area contributed by atoms with E-state index in [0.29, 0.717) is 29.4 Å². The summed E-state index contributed by atoms with van der Waals surface area (Å²) in [6.07, 6.45) is 2.34. The zero-order valence-electron chi connectivity index (χ0n) is 16.6. The van der Waals surface area contributed by atoms with Crippen molar-refractivity contribution in [3.05, 3.63) is 53.6 Å². The van der Waals surface area contributed by atoms with Gasteiger partial charge in [0.25, 0.3) is 5.91 Å². The SMILES string of the molecule is NC(=O)C(NC(=O)Nc1ccc(Cl)cc1)C(=O)Nc1ccc(N2CCCCC2=O)cc1. The van der Waals surface area contributed by atoms with Gasteiger partial charge in [0.1, 0.15) is 0 Å². The van der Waals surface area contributed by atoms with Crippen LogP contribution in [0, 0.1) is 0 Å². The van der Waals surface area contributed by atoms with E-state index in [4.69, 9.17) is 17.3 Å². The van der Waals surface area contributed by atoms with Crippen LogP contribution in [-0.2, 0) is 14.4 Å². The molecule has 9 nitrogen and oxygen atoms in total. The highest BCUT2D eigenvalue weighted by atomic mass is 35.5. The molecule has 1 heterocycles. The number of nitrogens with two attached hydrogens (primary N) is 1. The maximum atomic E-state index is 12.5. The van der Waals surface area contributed by atoms with Gasteiger partial charge in [-0.15, -0.1) is 0 Å². The second-order valence-electron chi connectivity index (χ2n) is 6.98. The summed E-state index contributed by atoms with van der Waals surface area (Å²) in [5.41, 5.74) is 6.83. The summed E-state index contributed by atoms with van der Waals surface area (Å²) in [7, 11) is 0. The molecule has 1 atom stereocenters. The lowest BCUT2D eigenvalue weighted by Crippen LogP contribution is -2.53. The molecular weight excluding hydrogens is 422 g/mol. The van der Waals surface area contributed by atoms with Crippen LogP contribution in [0.3, 0.4) is 0 Å². The maximum absolute atomic E-state index is 12.5. The van der Waals surface area contributed by atoms with Crippen molar-refractivity contribution >= 4 is 52.4 Å². The van der Waals surface area contributed by atoms with Crippen molar-refractivity contribution in [3.8, 4) is 0 Å². The molecule has 1 aliphatic heterocycles. The third kappa shape index (κ3) is 5.95. The Labute approximate surface area is 183 Å². The fourth-order valence-corrected chi connectivity index (χ4v) is 3.24. The number of benzene rings is 2. The van der Waals surface area contributed by atoms with Gasteiger partial charge in [0.05, 0.1) is 0 Å². The zero-order valence-corrected chi connectivity index (χ0v) is 17.3.